The van der Waals surface area contributed by atoms with Gasteiger partial charge in [0.1, 0.15) is 5.76 Å². The van der Waals surface area contributed by atoms with Crippen LogP contribution in [-0.2, 0) is 7.05 Å². The summed E-state index contributed by atoms with van der Waals surface area (Å²) in [4.78, 5) is 16.4. The van der Waals surface area contributed by atoms with Gasteiger partial charge in [-0.25, -0.2) is 4.98 Å². The van der Waals surface area contributed by atoms with Gasteiger partial charge in [-0.2, -0.15) is 5.10 Å². The van der Waals surface area contributed by atoms with Gasteiger partial charge in [-0.1, -0.05) is 13.8 Å². The number of hydrogen-bond donors (Lipinski definition) is 1. The number of oxazole rings is 1. The van der Waals surface area contributed by atoms with Gasteiger partial charge in [0, 0.05) is 24.2 Å². The molecule has 0 saturated heterocycles. The van der Waals surface area contributed by atoms with Crippen LogP contribution in [0.4, 0.5) is 0 Å². The van der Waals surface area contributed by atoms with Crippen LogP contribution in [0.25, 0.3) is 0 Å². The van der Waals surface area contributed by atoms with Crippen molar-refractivity contribution in [2.75, 3.05) is 0 Å². The number of nitrogens with one attached hydrogen (secondary N) is 1. The van der Waals surface area contributed by atoms with E-state index in [4.69, 9.17) is 4.42 Å². The SMILES string of the molecule is Cc1nn(C)c(C)c1[C@@H](C)NC(=O)c1ncoc1C(C)C. The molecule has 0 aromatic carbocycles. The number of amides is 1. The molecule has 1 amide bonds. The molecule has 6 heteroatoms. The minimum absolute atomic E-state index is 0.116. The van der Waals surface area contributed by atoms with Gasteiger partial charge in [-0.05, 0) is 20.8 Å². The summed E-state index contributed by atoms with van der Waals surface area (Å²) in [6.07, 6.45) is 1.31. The second-order valence-corrected chi connectivity index (χ2v) is 5.62. The molecule has 0 spiro atoms. The number of hydrogen-bond acceptors (Lipinski definition) is 4. The zero-order valence-electron chi connectivity index (χ0n) is 13.4. The Labute approximate surface area is 124 Å². The molecule has 6 nitrogen and oxygen atoms in total. The third-order valence-corrected chi connectivity index (χ3v) is 3.68. The Kier molecular flexibility index (Phi) is 4.16. The van der Waals surface area contributed by atoms with Gasteiger partial charge >= 0.3 is 0 Å². The standard InChI is InChI=1S/C15H22N4O2/c1-8(2)14-13(16-7-21-14)15(20)17-9(3)12-10(4)18-19(6)11(12)5/h7-9H,1-6H3,(H,17,20)/t9-/m1/s1. The fraction of sp³-hybridized carbons (Fsp3) is 0.533. The average molecular weight is 290 g/mol. The molecule has 2 heterocycles. The Morgan fingerprint density at radius 2 is 2.00 bits per heavy atom. The van der Waals surface area contributed by atoms with Crippen molar-refractivity contribution in [3.8, 4) is 0 Å². The van der Waals surface area contributed by atoms with Crippen molar-refractivity contribution < 1.29 is 9.21 Å². The number of aryl methyl sites for hydroxylation is 2. The van der Waals surface area contributed by atoms with E-state index in [1.165, 1.54) is 6.39 Å². The van der Waals surface area contributed by atoms with Crippen molar-refractivity contribution in [2.24, 2.45) is 7.05 Å². The highest BCUT2D eigenvalue weighted by atomic mass is 16.3. The summed E-state index contributed by atoms with van der Waals surface area (Å²) < 4.78 is 7.12. The number of nitrogens with zero attached hydrogens (tertiary/aromatic N) is 3. The van der Waals surface area contributed by atoms with Gasteiger partial charge in [0.05, 0.1) is 11.7 Å². The molecule has 21 heavy (non-hydrogen) atoms. The molecule has 0 aliphatic heterocycles. The summed E-state index contributed by atoms with van der Waals surface area (Å²) in [5.74, 6) is 0.507. The predicted molar refractivity (Wildman–Crippen MR) is 79.2 cm³/mol. The molecule has 0 fully saturated rings. The molecule has 0 aliphatic carbocycles. The smallest absolute Gasteiger partial charge is 0.274 e. The van der Waals surface area contributed by atoms with Crippen molar-refractivity contribution >= 4 is 5.91 Å². The molecule has 0 unspecified atom stereocenters. The van der Waals surface area contributed by atoms with E-state index in [0.717, 1.165) is 17.0 Å². The van der Waals surface area contributed by atoms with Crippen molar-refractivity contribution in [2.45, 2.75) is 46.6 Å². The molecule has 2 aromatic heterocycles. The molecule has 0 bridgehead atoms. The molecule has 2 rings (SSSR count). The molecule has 2 aromatic rings. The minimum Gasteiger partial charge on any atom is -0.447 e. The van der Waals surface area contributed by atoms with Gasteiger partial charge < -0.3 is 9.73 Å². The Hall–Kier alpha value is -2.11. The lowest BCUT2D eigenvalue weighted by molar-refractivity contribution is 0.0933. The maximum Gasteiger partial charge on any atom is 0.274 e. The van der Waals surface area contributed by atoms with Crippen LogP contribution in [0, 0.1) is 13.8 Å². The lowest BCUT2D eigenvalue weighted by atomic mass is 10.1. The van der Waals surface area contributed by atoms with Crippen LogP contribution >= 0.6 is 0 Å². The van der Waals surface area contributed by atoms with Gasteiger partial charge in [-0.3, -0.25) is 9.48 Å². The zero-order chi connectivity index (χ0) is 15.7. The number of carbonyl (C=O) groups excluding carboxylic acids is 1. The normalized spacial score (nSPS) is 12.7. The first-order chi connectivity index (χ1) is 9.82. The Morgan fingerprint density at radius 3 is 2.52 bits per heavy atom. The summed E-state index contributed by atoms with van der Waals surface area (Å²) in [6.45, 7) is 9.82. The summed E-state index contributed by atoms with van der Waals surface area (Å²) in [5, 5.41) is 7.35. The molecule has 114 valence electrons. The van der Waals surface area contributed by atoms with Gasteiger partial charge in [-0.15, -0.1) is 0 Å². The van der Waals surface area contributed by atoms with Crippen molar-refractivity contribution in [1.82, 2.24) is 20.1 Å². The Morgan fingerprint density at radius 1 is 1.33 bits per heavy atom. The zero-order valence-corrected chi connectivity index (χ0v) is 13.4. The lowest BCUT2D eigenvalue weighted by Gasteiger charge is -2.14. The van der Waals surface area contributed by atoms with Crippen LogP contribution < -0.4 is 5.32 Å². The molecule has 0 radical (unpaired) electrons. The Bertz CT molecular complexity index is 655. The molecular formula is C15H22N4O2. The average Bonchev–Trinajstić information content (AvgIpc) is 2.95. The largest absolute Gasteiger partial charge is 0.447 e. The Balaban J connectivity index is 2.21. The third kappa shape index (κ3) is 2.84. The van der Waals surface area contributed by atoms with Gasteiger partial charge in [0.15, 0.2) is 12.1 Å². The molecule has 0 aliphatic rings. The van der Waals surface area contributed by atoms with Crippen molar-refractivity contribution in [1.29, 1.82) is 0 Å². The van der Waals surface area contributed by atoms with E-state index in [2.05, 4.69) is 15.4 Å². The summed E-state index contributed by atoms with van der Waals surface area (Å²) in [6, 6.07) is -0.136. The highest BCUT2D eigenvalue weighted by molar-refractivity contribution is 5.93. The topological polar surface area (TPSA) is 73.0 Å². The van der Waals surface area contributed by atoms with E-state index in [1.54, 1.807) is 0 Å². The van der Waals surface area contributed by atoms with Gasteiger partial charge in [0.2, 0.25) is 0 Å². The maximum atomic E-state index is 12.4. The van der Waals surface area contributed by atoms with Crippen molar-refractivity contribution in [3.05, 3.63) is 34.8 Å². The first-order valence-corrected chi connectivity index (χ1v) is 7.07. The first kappa shape index (κ1) is 15.3. The molecule has 1 N–H and O–H groups in total. The van der Waals surface area contributed by atoms with E-state index in [0.29, 0.717) is 11.5 Å². The molecule has 0 saturated carbocycles. The van der Waals surface area contributed by atoms with E-state index in [9.17, 15) is 4.79 Å². The summed E-state index contributed by atoms with van der Waals surface area (Å²) >= 11 is 0. The lowest BCUT2D eigenvalue weighted by Crippen LogP contribution is -2.28. The van der Waals surface area contributed by atoms with E-state index in [-0.39, 0.29) is 17.9 Å². The van der Waals surface area contributed by atoms with Gasteiger partial charge in [0.25, 0.3) is 5.91 Å². The third-order valence-electron chi connectivity index (χ3n) is 3.68. The number of rotatable bonds is 4. The minimum atomic E-state index is -0.220. The second-order valence-electron chi connectivity index (χ2n) is 5.62. The molecular weight excluding hydrogens is 268 g/mol. The van der Waals surface area contributed by atoms with E-state index in [1.807, 2.05) is 46.3 Å². The summed E-state index contributed by atoms with van der Waals surface area (Å²) in [7, 11) is 1.90. The first-order valence-electron chi connectivity index (χ1n) is 7.07. The summed E-state index contributed by atoms with van der Waals surface area (Å²) in [5.41, 5.74) is 3.37. The highest BCUT2D eigenvalue weighted by Gasteiger charge is 2.23. The van der Waals surface area contributed by atoms with Crippen LogP contribution in [-0.4, -0.2) is 20.7 Å². The van der Waals surface area contributed by atoms with Crippen LogP contribution in [0.2, 0.25) is 0 Å². The number of aromatic nitrogens is 3. The fourth-order valence-electron chi connectivity index (χ4n) is 2.59. The monoisotopic (exact) mass is 290 g/mol. The van der Waals surface area contributed by atoms with E-state index >= 15 is 0 Å². The highest BCUT2D eigenvalue weighted by Crippen LogP contribution is 2.22. The van der Waals surface area contributed by atoms with Crippen LogP contribution in [0.5, 0.6) is 0 Å². The molecule has 1 atom stereocenters. The quantitative estimate of drug-likeness (QED) is 0.939. The van der Waals surface area contributed by atoms with E-state index < -0.39 is 0 Å². The maximum absolute atomic E-state index is 12.4. The second kappa shape index (κ2) is 5.71. The van der Waals surface area contributed by atoms with Crippen molar-refractivity contribution in [3.63, 3.8) is 0 Å². The van der Waals surface area contributed by atoms with Crippen LogP contribution in [0.3, 0.4) is 0 Å². The fourth-order valence-corrected chi connectivity index (χ4v) is 2.59. The van der Waals surface area contributed by atoms with Crippen LogP contribution in [0.1, 0.15) is 65.9 Å². The predicted octanol–water partition coefficient (Wildman–Crippen LogP) is 2.64. The number of carbonyl (C=O) groups is 1. The van der Waals surface area contributed by atoms with Crippen LogP contribution in [0.15, 0.2) is 10.8 Å².